The van der Waals surface area contributed by atoms with Gasteiger partial charge < -0.3 is 10.2 Å². The van der Waals surface area contributed by atoms with Crippen molar-refractivity contribution in [3.63, 3.8) is 0 Å². The van der Waals surface area contributed by atoms with Gasteiger partial charge in [-0.25, -0.2) is 0 Å². The van der Waals surface area contributed by atoms with E-state index in [4.69, 9.17) is 0 Å². The quantitative estimate of drug-likeness (QED) is 0.829. The van der Waals surface area contributed by atoms with Crippen molar-refractivity contribution in [3.8, 4) is 0 Å². The van der Waals surface area contributed by atoms with E-state index in [0.717, 1.165) is 18.8 Å². The number of rotatable bonds is 3. The van der Waals surface area contributed by atoms with Gasteiger partial charge in [-0.15, -0.1) is 0 Å². The summed E-state index contributed by atoms with van der Waals surface area (Å²) in [6.45, 7) is 7.01. The van der Waals surface area contributed by atoms with Crippen molar-refractivity contribution in [1.82, 2.24) is 0 Å². The fourth-order valence-corrected chi connectivity index (χ4v) is 2.54. The van der Waals surface area contributed by atoms with Crippen LogP contribution in [-0.2, 0) is 4.79 Å². The summed E-state index contributed by atoms with van der Waals surface area (Å²) in [7, 11) is 0. The molecule has 18 heavy (non-hydrogen) atoms. The standard InChI is InChI=1S/C15H22N2O/c1-12-7-6-8-14(13(12)2)16-15(18)11-17-9-4-3-5-10-17/h6-8H,3-5,9-11H2,1-2H3,(H,16,18)/p+1. The van der Waals surface area contributed by atoms with E-state index in [1.54, 1.807) is 0 Å². The lowest BCUT2D eigenvalue weighted by Gasteiger charge is -2.23. The third kappa shape index (κ3) is 3.33. The number of carbonyl (C=O) groups excluding carboxylic acids is 1. The topological polar surface area (TPSA) is 33.5 Å². The van der Waals surface area contributed by atoms with Gasteiger partial charge in [-0.05, 0) is 50.3 Å². The van der Waals surface area contributed by atoms with Gasteiger partial charge in [0.05, 0.1) is 13.1 Å². The molecule has 1 amide bonds. The molecular formula is C15H23N2O+. The summed E-state index contributed by atoms with van der Waals surface area (Å²) >= 11 is 0. The number of nitrogens with one attached hydrogen (secondary N) is 2. The summed E-state index contributed by atoms with van der Waals surface area (Å²) in [6, 6.07) is 6.04. The summed E-state index contributed by atoms with van der Waals surface area (Å²) in [4.78, 5) is 13.4. The van der Waals surface area contributed by atoms with E-state index in [1.807, 2.05) is 12.1 Å². The van der Waals surface area contributed by atoms with Crippen molar-refractivity contribution in [1.29, 1.82) is 0 Å². The maximum atomic E-state index is 12.0. The zero-order valence-electron chi connectivity index (χ0n) is 11.4. The summed E-state index contributed by atoms with van der Waals surface area (Å²) in [5.41, 5.74) is 3.34. The minimum absolute atomic E-state index is 0.139. The van der Waals surface area contributed by atoms with Gasteiger partial charge in [0.15, 0.2) is 6.54 Å². The van der Waals surface area contributed by atoms with Crippen LogP contribution in [0.3, 0.4) is 0 Å². The molecule has 1 aliphatic heterocycles. The molecule has 1 saturated heterocycles. The molecule has 1 aliphatic rings. The van der Waals surface area contributed by atoms with Gasteiger partial charge in [0.2, 0.25) is 0 Å². The Kier molecular flexibility index (Phi) is 4.37. The van der Waals surface area contributed by atoms with E-state index in [9.17, 15) is 4.79 Å². The minimum atomic E-state index is 0.139. The molecule has 3 nitrogen and oxygen atoms in total. The first kappa shape index (κ1) is 13.1. The molecule has 0 unspecified atom stereocenters. The Morgan fingerprint density at radius 2 is 1.94 bits per heavy atom. The number of carbonyl (C=O) groups is 1. The third-order valence-electron chi connectivity index (χ3n) is 3.85. The lowest BCUT2D eigenvalue weighted by molar-refractivity contribution is -0.896. The van der Waals surface area contributed by atoms with Crippen LogP contribution in [0.1, 0.15) is 30.4 Å². The number of likely N-dealkylation sites (tertiary alicyclic amines) is 1. The molecule has 0 bridgehead atoms. The minimum Gasteiger partial charge on any atom is -0.327 e. The van der Waals surface area contributed by atoms with Crippen LogP contribution in [0.25, 0.3) is 0 Å². The molecule has 1 heterocycles. The van der Waals surface area contributed by atoms with Gasteiger partial charge in [-0.2, -0.15) is 0 Å². The fraction of sp³-hybridized carbons (Fsp3) is 0.533. The van der Waals surface area contributed by atoms with Crippen LogP contribution < -0.4 is 10.2 Å². The highest BCUT2D eigenvalue weighted by Crippen LogP contribution is 2.17. The molecule has 0 aliphatic carbocycles. The van der Waals surface area contributed by atoms with E-state index in [2.05, 4.69) is 25.2 Å². The Bertz CT molecular complexity index is 423. The molecule has 3 heteroatoms. The Labute approximate surface area is 109 Å². The SMILES string of the molecule is Cc1cccc(NC(=O)C[NH+]2CCCCC2)c1C. The average Bonchev–Trinajstić information content (AvgIpc) is 2.36. The van der Waals surface area contributed by atoms with Crippen LogP contribution in [0.15, 0.2) is 18.2 Å². The number of amides is 1. The summed E-state index contributed by atoms with van der Waals surface area (Å²) in [6.07, 6.45) is 3.83. The highest BCUT2D eigenvalue weighted by atomic mass is 16.2. The van der Waals surface area contributed by atoms with Gasteiger partial charge in [-0.3, -0.25) is 4.79 Å². The zero-order valence-corrected chi connectivity index (χ0v) is 11.4. The van der Waals surface area contributed by atoms with Crippen molar-refractivity contribution in [2.24, 2.45) is 0 Å². The fourth-order valence-electron chi connectivity index (χ4n) is 2.54. The predicted molar refractivity (Wildman–Crippen MR) is 74.0 cm³/mol. The van der Waals surface area contributed by atoms with E-state index in [-0.39, 0.29) is 5.91 Å². The predicted octanol–water partition coefficient (Wildman–Crippen LogP) is 1.31. The molecule has 0 atom stereocenters. The van der Waals surface area contributed by atoms with Crippen LogP contribution >= 0.6 is 0 Å². The van der Waals surface area contributed by atoms with Gasteiger partial charge in [-0.1, -0.05) is 12.1 Å². The number of aryl methyl sites for hydroxylation is 1. The lowest BCUT2D eigenvalue weighted by atomic mass is 10.1. The van der Waals surface area contributed by atoms with Crippen LogP contribution in [0.2, 0.25) is 0 Å². The smallest absolute Gasteiger partial charge is 0.279 e. The molecule has 1 aromatic rings. The normalized spacial score (nSPS) is 16.6. The molecule has 98 valence electrons. The van der Waals surface area contributed by atoms with E-state index >= 15 is 0 Å². The Balaban J connectivity index is 1.92. The Morgan fingerprint density at radius 1 is 1.22 bits per heavy atom. The van der Waals surface area contributed by atoms with E-state index in [1.165, 1.54) is 35.3 Å². The van der Waals surface area contributed by atoms with Crippen LogP contribution in [0, 0.1) is 13.8 Å². The van der Waals surface area contributed by atoms with Crippen molar-refractivity contribution < 1.29 is 9.69 Å². The Morgan fingerprint density at radius 3 is 2.67 bits per heavy atom. The second kappa shape index (κ2) is 6.01. The van der Waals surface area contributed by atoms with Gasteiger partial charge in [0.25, 0.3) is 5.91 Å². The molecule has 1 aromatic carbocycles. The average molecular weight is 247 g/mol. The molecular weight excluding hydrogens is 224 g/mol. The van der Waals surface area contributed by atoms with E-state index in [0.29, 0.717) is 6.54 Å². The van der Waals surface area contributed by atoms with Gasteiger partial charge in [0.1, 0.15) is 0 Å². The second-order valence-corrected chi connectivity index (χ2v) is 5.28. The summed E-state index contributed by atoms with van der Waals surface area (Å²) in [5, 5.41) is 3.04. The second-order valence-electron chi connectivity index (χ2n) is 5.28. The maximum absolute atomic E-state index is 12.0. The van der Waals surface area contributed by atoms with Gasteiger partial charge in [0, 0.05) is 5.69 Å². The first-order valence-corrected chi connectivity index (χ1v) is 6.86. The molecule has 2 rings (SSSR count). The maximum Gasteiger partial charge on any atom is 0.279 e. The highest BCUT2D eigenvalue weighted by molar-refractivity contribution is 5.92. The number of anilines is 1. The molecule has 0 saturated carbocycles. The number of quaternary nitrogens is 1. The number of hydrogen-bond acceptors (Lipinski definition) is 1. The zero-order chi connectivity index (χ0) is 13.0. The number of piperidine rings is 1. The largest absolute Gasteiger partial charge is 0.327 e. The number of hydrogen-bond donors (Lipinski definition) is 2. The molecule has 0 radical (unpaired) electrons. The van der Waals surface area contributed by atoms with Crippen molar-refractivity contribution in [3.05, 3.63) is 29.3 Å². The molecule has 1 fully saturated rings. The third-order valence-corrected chi connectivity index (χ3v) is 3.85. The number of benzene rings is 1. The van der Waals surface area contributed by atoms with Crippen molar-refractivity contribution >= 4 is 11.6 Å². The van der Waals surface area contributed by atoms with Crippen molar-refractivity contribution in [2.45, 2.75) is 33.1 Å². The van der Waals surface area contributed by atoms with E-state index < -0.39 is 0 Å². The van der Waals surface area contributed by atoms with Gasteiger partial charge >= 0.3 is 0 Å². The molecule has 0 aromatic heterocycles. The van der Waals surface area contributed by atoms with Crippen LogP contribution in [0.4, 0.5) is 5.69 Å². The van der Waals surface area contributed by atoms with Crippen LogP contribution in [-0.4, -0.2) is 25.5 Å². The van der Waals surface area contributed by atoms with Crippen molar-refractivity contribution in [2.75, 3.05) is 25.0 Å². The molecule has 0 spiro atoms. The summed E-state index contributed by atoms with van der Waals surface area (Å²) in [5.74, 6) is 0.139. The first-order valence-electron chi connectivity index (χ1n) is 6.86. The monoisotopic (exact) mass is 247 g/mol. The first-order chi connectivity index (χ1) is 8.66. The highest BCUT2D eigenvalue weighted by Gasteiger charge is 2.17. The van der Waals surface area contributed by atoms with Crippen LogP contribution in [0.5, 0.6) is 0 Å². The Hall–Kier alpha value is -1.35. The molecule has 2 N–H and O–H groups in total. The summed E-state index contributed by atoms with van der Waals surface area (Å²) < 4.78 is 0. The lowest BCUT2D eigenvalue weighted by Crippen LogP contribution is -3.13.